The summed E-state index contributed by atoms with van der Waals surface area (Å²) in [6.07, 6.45) is 5.04. The number of anilines is 2. The summed E-state index contributed by atoms with van der Waals surface area (Å²) in [5.74, 6) is 3.25. The third kappa shape index (κ3) is 3.83. The van der Waals surface area contributed by atoms with Crippen molar-refractivity contribution in [3.05, 3.63) is 47.9 Å². The highest BCUT2D eigenvalue weighted by atomic mass is 19.1. The number of hydrogen-bond donors (Lipinski definition) is 1. The number of piperidine rings is 1. The minimum Gasteiger partial charge on any atom is -0.496 e. The lowest BCUT2D eigenvalue weighted by molar-refractivity contribution is 0.198. The summed E-state index contributed by atoms with van der Waals surface area (Å²) in [7, 11) is 1.72. The van der Waals surface area contributed by atoms with Gasteiger partial charge in [0.25, 0.3) is 0 Å². The molecule has 3 aliphatic rings. The maximum absolute atomic E-state index is 15.0. The summed E-state index contributed by atoms with van der Waals surface area (Å²) in [4.78, 5) is 18.3. The van der Waals surface area contributed by atoms with Crippen LogP contribution in [0.1, 0.15) is 49.4 Å². The lowest BCUT2D eigenvalue weighted by Crippen LogP contribution is -2.34. The number of aliphatic hydroxyl groups is 1. The van der Waals surface area contributed by atoms with Crippen LogP contribution < -0.4 is 14.5 Å². The van der Waals surface area contributed by atoms with Crippen LogP contribution in [-0.2, 0) is 5.67 Å². The van der Waals surface area contributed by atoms with E-state index in [0.717, 1.165) is 61.7 Å². The minimum absolute atomic E-state index is 0.285. The van der Waals surface area contributed by atoms with Gasteiger partial charge in [-0.15, -0.1) is 0 Å². The van der Waals surface area contributed by atoms with E-state index in [1.54, 1.807) is 13.3 Å². The van der Waals surface area contributed by atoms with E-state index in [1.165, 1.54) is 5.56 Å². The molecule has 1 N–H and O–H groups in total. The number of methoxy groups -OCH3 is 1. The van der Waals surface area contributed by atoms with Crippen LogP contribution in [0.25, 0.3) is 10.9 Å². The van der Waals surface area contributed by atoms with Crippen molar-refractivity contribution in [3.8, 4) is 5.75 Å². The summed E-state index contributed by atoms with van der Waals surface area (Å²) in [5, 5.41) is 10.9. The number of pyridine rings is 1. The Kier molecular flexibility index (Phi) is 5.28. The van der Waals surface area contributed by atoms with Gasteiger partial charge in [-0.05, 0) is 55.7 Å². The van der Waals surface area contributed by atoms with E-state index in [2.05, 4.69) is 31.9 Å². The van der Waals surface area contributed by atoms with Gasteiger partial charge in [0, 0.05) is 31.6 Å². The van der Waals surface area contributed by atoms with Gasteiger partial charge in [-0.2, -0.15) is 0 Å². The van der Waals surface area contributed by atoms with Crippen LogP contribution in [0.3, 0.4) is 0 Å². The Morgan fingerprint density at radius 2 is 1.82 bits per heavy atom. The van der Waals surface area contributed by atoms with Crippen LogP contribution >= 0.6 is 0 Å². The fraction of sp³-hybridized carbons (Fsp3) is 0.500. The molecule has 0 spiro atoms. The minimum atomic E-state index is -1.41. The molecular weight excluding hydrogens is 433 g/mol. The predicted molar refractivity (Wildman–Crippen MR) is 129 cm³/mol. The largest absolute Gasteiger partial charge is 0.496 e. The second-order valence-corrected chi connectivity index (χ2v) is 9.79. The zero-order valence-electron chi connectivity index (χ0n) is 19.5. The Labute approximate surface area is 198 Å². The fourth-order valence-electron chi connectivity index (χ4n) is 5.31. The van der Waals surface area contributed by atoms with Gasteiger partial charge < -0.3 is 19.6 Å². The van der Waals surface area contributed by atoms with Gasteiger partial charge in [-0.3, -0.25) is 0 Å². The molecule has 6 rings (SSSR count). The maximum Gasteiger partial charge on any atom is 0.170 e. The standard InChI is InChI=1S/C26H30FN5O2/c1-34-22-5-3-2-4-19(22)17-6-11-31(12-7-17)24-20-14-23(32-13-8-18(33)16-32)28-15-21(20)29-25(30-24)26(27)9-10-26/h2-5,14-15,17-18,33H,6-13,16H2,1H3. The second kappa shape index (κ2) is 8.34. The van der Waals surface area contributed by atoms with Crippen molar-refractivity contribution in [2.45, 2.75) is 49.8 Å². The van der Waals surface area contributed by atoms with Gasteiger partial charge >= 0.3 is 0 Å². The molecule has 1 aromatic carbocycles. The Hall–Kier alpha value is -3.00. The maximum atomic E-state index is 15.0. The van der Waals surface area contributed by atoms with E-state index >= 15 is 4.39 Å². The quantitative estimate of drug-likeness (QED) is 0.614. The van der Waals surface area contributed by atoms with Crippen LogP contribution in [0.15, 0.2) is 36.5 Å². The number of para-hydroxylation sites is 1. The molecule has 0 amide bonds. The highest BCUT2D eigenvalue weighted by molar-refractivity contribution is 5.91. The molecule has 2 aromatic heterocycles. The van der Waals surface area contributed by atoms with Gasteiger partial charge in [0.05, 0.1) is 24.9 Å². The van der Waals surface area contributed by atoms with E-state index in [-0.39, 0.29) is 11.9 Å². The number of fused-ring (bicyclic) bond motifs is 1. The summed E-state index contributed by atoms with van der Waals surface area (Å²) < 4.78 is 20.6. The third-order valence-corrected chi connectivity index (χ3v) is 7.50. The zero-order chi connectivity index (χ0) is 23.3. The fourth-order valence-corrected chi connectivity index (χ4v) is 5.31. The number of aliphatic hydroxyl groups excluding tert-OH is 1. The van der Waals surface area contributed by atoms with Gasteiger partial charge in [0.2, 0.25) is 0 Å². The molecule has 178 valence electrons. The van der Waals surface area contributed by atoms with E-state index in [0.29, 0.717) is 30.8 Å². The van der Waals surface area contributed by atoms with Crippen LogP contribution in [-0.4, -0.2) is 59.5 Å². The molecule has 1 unspecified atom stereocenters. The van der Waals surface area contributed by atoms with Crippen LogP contribution in [0.5, 0.6) is 5.75 Å². The topological polar surface area (TPSA) is 74.6 Å². The van der Waals surface area contributed by atoms with Crippen LogP contribution in [0.4, 0.5) is 16.0 Å². The van der Waals surface area contributed by atoms with Gasteiger partial charge in [0.15, 0.2) is 11.5 Å². The van der Waals surface area contributed by atoms with Crippen molar-refractivity contribution < 1.29 is 14.2 Å². The molecule has 1 aliphatic carbocycles. The summed E-state index contributed by atoms with van der Waals surface area (Å²) in [6.45, 7) is 3.00. The normalized spacial score (nSPS) is 22.4. The van der Waals surface area contributed by atoms with Crippen LogP contribution in [0, 0.1) is 0 Å². The summed E-state index contributed by atoms with van der Waals surface area (Å²) >= 11 is 0. The molecule has 7 nitrogen and oxygen atoms in total. The van der Waals surface area contributed by atoms with E-state index in [4.69, 9.17) is 9.72 Å². The number of alkyl halides is 1. The number of halogens is 1. The first-order valence-corrected chi connectivity index (χ1v) is 12.2. The SMILES string of the molecule is COc1ccccc1C1CCN(c2nc(C3(F)CC3)nc3cnc(N4CCC(O)C4)cc23)CC1. The zero-order valence-corrected chi connectivity index (χ0v) is 19.5. The summed E-state index contributed by atoms with van der Waals surface area (Å²) in [5.41, 5.74) is 0.521. The molecule has 2 saturated heterocycles. The molecule has 4 heterocycles. The number of hydrogen-bond acceptors (Lipinski definition) is 7. The van der Waals surface area contributed by atoms with Gasteiger partial charge in [-0.1, -0.05) is 18.2 Å². The first kappa shape index (κ1) is 21.5. The Bertz CT molecular complexity index is 1210. The number of nitrogens with zero attached hydrogens (tertiary/aromatic N) is 5. The lowest BCUT2D eigenvalue weighted by Gasteiger charge is -2.34. The number of ether oxygens (including phenoxy) is 1. The van der Waals surface area contributed by atoms with Crippen molar-refractivity contribution in [2.24, 2.45) is 0 Å². The first-order valence-electron chi connectivity index (χ1n) is 12.2. The Morgan fingerprint density at radius 3 is 2.53 bits per heavy atom. The number of β-amino-alcohol motifs (C(OH)–C–C–N with tert-alkyl or cyclic N) is 1. The number of benzene rings is 1. The van der Waals surface area contributed by atoms with Crippen molar-refractivity contribution in [2.75, 3.05) is 43.1 Å². The molecular formula is C26H30FN5O2. The molecule has 0 radical (unpaired) electrons. The van der Waals surface area contributed by atoms with Crippen LogP contribution in [0.2, 0.25) is 0 Å². The molecule has 1 saturated carbocycles. The van der Waals surface area contributed by atoms with Gasteiger partial charge in [-0.25, -0.2) is 19.3 Å². The first-order chi connectivity index (χ1) is 16.5. The molecule has 1 atom stereocenters. The smallest absolute Gasteiger partial charge is 0.170 e. The highest BCUT2D eigenvalue weighted by Gasteiger charge is 2.48. The van der Waals surface area contributed by atoms with Crippen molar-refractivity contribution in [1.29, 1.82) is 0 Å². The van der Waals surface area contributed by atoms with Crippen molar-refractivity contribution in [3.63, 3.8) is 0 Å². The molecule has 3 aromatic rings. The average molecular weight is 464 g/mol. The van der Waals surface area contributed by atoms with E-state index in [9.17, 15) is 5.11 Å². The second-order valence-electron chi connectivity index (χ2n) is 9.79. The monoisotopic (exact) mass is 463 g/mol. The lowest BCUT2D eigenvalue weighted by atomic mass is 9.88. The molecule has 0 bridgehead atoms. The Morgan fingerprint density at radius 1 is 1.06 bits per heavy atom. The molecule has 34 heavy (non-hydrogen) atoms. The number of aromatic nitrogens is 3. The van der Waals surface area contributed by atoms with Crippen molar-refractivity contribution in [1.82, 2.24) is 15.0 Å². The molecule has 8 heteroatoms. The van der Waals surface area contributed by atoms with Crippen molar-refractivity contribution >= 4 is 22.5 Å². The molecule has 2 aliphatic heterocycles. The highest BCUT2D eigenvalue weighted by Crippen LogP contribution is 2.49. The van der Waals surface area contributed by atoms with E-state index < -0.39 is 5.67 Å². The number of rotatable bonds is 5. The summed E-state index contributed by atoms with van der Waals surface area (Å²) in [6, 6.07) is 10.2. The average Bonchev–Trinajstić information content (AvgIpc) is 3.49. The van der Waals surface area contributed by atoms with Gasteiger partial charge in [0.1, 0.15) is 17.4 Å². The molecule has 3 fully saturated rings. The Balaban J connectivity index is 1.33. The third-order valence-electron chi connectivity index (χ3n) is 7.50. The van der Waals surface area contributed by atoms with E-state index in [1.807, 2.05) is 18.2 Å². The predicted octanol–water partition coefficient (Wildman–Crippen LogP) is 3.95.